The molecule has 1 aliphatic rings. The molecule has 1 aromatic carbocycles. The maximum atomic E-state index is 12.5. The average molecular weight is 343 g/mol. The van der Waals surface area contributed by atoms with Crippen molar-refractivity contribution in [1.29, 1.82) is 0 Å². The Morgan fingerprint density at radius 3 is 2.92 bits per heavy atom. The standard InChI is InChI=1S/C18H21N3O4/c1-12-6-3-4-8-14(12)21-16(22)10-15(24-2)17(20-21)18(23)19-11-13-7-5-9-25-13/h3-4,6,8,10,13H,5,7,9,11H2,1-2H3,(H,19,23). The van der Waals surface area contributed by atoms with Crippen molar-refractivity contribution in [3.63, 3.8) is 0 Å². The third-order valence-corrected chi connectivity index (χ3v) is 4.19. The molecule has 1 amide bonds. The second-order valence-electron chi connectivity index (χ2n) is 5.94. The number of aryl methyl sites for hydroxylation is 1. The lowest BCUT2D eigenvalue weighted by molar-refractivity contribution is 0.0849. The third kappa shape index (κ3) is 3.71. The van der Waals surface area contributed by atoms with E-state index in [2.05, 4.69) is 10.4 Å². The highest BCUT2D eigenvalue weighted by atomic mass is 16.5. The van der Waals surface area contributed by atoms with Gasteiger partial charge in [-0.2, -0.15) is 9.78 Å². The van der Waals surface area contributed by atoms with Crippen molar-refractivity contribution in [2.45, 2.75) is 25.9 Å². The van der Waals surface area contributed by atoms with Gasteiger partial charge in [-0.05, 0) is 31.4 Å². The van der Waals surface area contributed by atoms with Crippen LogP contribution in [0.2, 0.25) is 0 Å². The van der Waals surface area contributed by atoms with Crippen molar-refractivity contribution in [2.24, 2.45) is 0 Å². The largest absolute Gasteiger partial charge is 0.494 e. The Labute approximate surface area is 145 Å². The van der Waals surface area contributed by atoms with Crippen molar-refractivity contribution < 1.29 is 14.3 Å². The maximum absolute atomic E-state index is 12.5. The molecule has 0 spiro atoms. The summed E-state index contributed by atoms with van der Waals surface area (Å²) in [5, 5.41) is 7.05. The molecule has 0 bridgehead atoms. The Kier molecular flexibility index (Phi) is 5.14. The van der Waals surface area contributed by atoms with E-state index in [1.807, 2.05) is 25.1 Å². The van der Waals surface area contributed by atoms with Crippen LogP contribution in [0.1, 0.15) is 28.9 Å². The van der Waals surface area contributed by atoms with E-state index in [4.69, 9.17) is 9.47 Å². The molecule has 0 radical (unpaired) electrons. The molecule has 2 heterocycles. The van der Waals surface area contributed by atoms with Crippen LogP contribution in [0, 0.1) is 6.92 Å². The number of carbonyl (C=O) groups is 1. The lowest BCUT2D eigenvalue weighted by Crippen LogP contribution is -2.34. The smallest absolute Gasteiger partial charge is 0.275 e. The summed E-state index contributed by atoms with van der Waals surface area (Å²) < 4.78 is 11.9. The van der Waals surface area contributed by atoms with E-state index in [1.165, 1.54) is 17.9 Å². The number of nitrogens with one attached hydrogen (secondary N) is 1. The molecule has 0 aliphatic carbocycles. The SMILES string of the molecule is COc1cc(=O)n(-c2ccccc2C)nc1C(=O)NCC1CCCO1. The van der Waals surface area contributed by atoms with Gasteiger partial charge in [0.05, 0.1) is 25.0 Å². The molecule has 1 aliphatic heterocycles. The van der Waals surface area contributed by atoms with E-state index >= 15 is 0 Å². The van der Waals surface area contributed by atoms with E-state index in [0.29, 0.717) is 12.2 Å². The van der Waals surface area contributed by atoms with Crippen molar-refractivity contribution in [3.8, 4) is 11.4 Å². The highest BCUT2D eigenvalue weighted by Gasteiger charge is 2.21. The van der Waals surface area contributed by atoms with E-state index in [1.54, 1.807) is 6.07 Å². The quantitative estimate of drug-likeness (QED) is 0.889. The molecule has 0 saturated carbocycles. The first-order valence-corrected chi connectivity index (χ1v) is 8.24. The highest BCUT2D eigenvalue weighted by Crippen LogP contribution is 2.16. The monoisotopic (exact) mass is 343 g/mol. The molecule has 1 unspecified atom stereocenters. The summed E-state index contributed by atoms with van der Waals surface area (Å²) in [6.45, 7) is 3.01. The first-order chi connectivity index (χ1) is 12.1. The Morgan fingerprint density at radius 1 is 1.44 bits per heavy atom. The van der Waals surface area contributed by atoms with E-state index < -0.39 is 5.91 Å². The van der Waals surface area contributed by atoms with Gasteiger partial charge in [0, 0.05) is 13.2 Å². The molecule has 2 aromatic rings. The van der Waals surface area contributed by atoms with Crippen LogP contribution in [-0.2, 0) is 4.74 Å². The zero-order valence-electron chi connectivity index (χ0n) is 14.3. The summed E-state index contributed by atoms with van der Waals surface area (Å²) in [5.41, 5.74) is 1.22. The van der Waals surface area contributed by atoms with Gasteiger partial charge in [-0.15, -0.1) is 0 Å². The van der Waals surface area contributed by atoms with Gasteiger partial charge in [0.1, 0.15) is 0 Å². The normalized spacial score (nSPS) is 16.6. The second kappa shape index (κ2) is 7.48. The predicted octanol–water partition coefficient (Wildman–Crippen LogP) is 1.46. The minimum atomic E-state index is -0.394. The second-order valence-corrected chi connectivity index (χ2v) is 5.94. The molecule has 1 saturated heterocycles. The fraction of sp³-hybridized carbons (Fsp3) is 0.389. The molecule has 7 nitrogen and oxygen atoms in total. The molecule has 1 atom stereocenters. The third-order valence-electron chi connectivity index (χ3n) is 4.19. The Hall–Kier alpha value is -2.67. The van der Waals surface area contributed by atoms with Gasteiger partial charge in [0.25, 0.3) is 11.5 Å². The molecule has 3 rings (SSSR count). The first-order valence-electron chi connectivity index (χ1n) is 8.24. The number of hydrogen-bond donors (Lipinski definition) is 1. The van der Waals surface area contributed by atoms with Crippen molar-refractivity contribution in [2.75, 3.05) is 20.3 Å². The summed E-state index contributed by atoms with van der Waals surface area (Å²) in [6.07, 6.45) is 1.95. The van der Waals surface area contributed by atoms with E-state index in [9.17, 15) is 9.59 Å². The fourth-order valence-corrected chi connectivity index (χ4v) is 2.82. The number of hydrogen-bond acceptors (Lipinski definition) is 5. The van der Waals surface area contributed by atoms with Crippen LogP contribution in [0.5, 0.6) is 5.75 Å². The summed E-state index contributed by atoms with van der Waals surface area (Å²) in [5.74, 6) is -0.241. The molecular formula is C18H21N3O4. The maximum Gasteiger partial charge on any atom is 0.275 e. The first kappa shape index (κ1) is 17.2. The summed E-state index contributed by atoms with van der Waals surface area (Å²) in [6, 6.07) is 8.63. The zero-order chi connectivity index (χ0) is 17.8. The summed E-state index contributed by atoms with van der Waals surface area (Å²) in [4.78, 5) is 24.9. The fourth-order valence-electron chi connectivity index (χ4n) is 2.82. The lowest BCUT2D eigenvalue weighted by Gasteiger charge is -2.14. The lowest BCUT2D eigenvalue weighted by atomic mass is 10.2. The number of rotatable bonds is 5. The molecule has 25 heavy (non-hydrogen) atoms. The number of amides is 1. The van der Waals surface area contributed by atoms with Gasteiger partial charge >= 0.3 is 0 Å². The number of carbonyl (C=O) groups excluding carboxylic acids is 1. The van der Waals surface area contributed by atoms with Gasteiger partial charge in [-0.25, -0.2) is 0 Å². The van der Waals surface area contributed by atoms with Gasteiger partial charge in [-0.1, -0.05) is 18.2 Å². The number of benzene rings is 1. The number of nitrogens with zero attached hydrogens (tertiary/aromatic N) is 2. The molecule has 132 valence electrons. The van der Waals surface area contributed by atoms with E-state index in [0.717, 1.165) is 25.0 Å². The minimum Gasteiger partial charge on any atom is -0.494 e. The Balaban J connectivity index is 1.92. The number of methoxy groups -OCH3 is 1. The highest BCUT2D eigenvalue weighted by molar-refractivity contribution is 5.94. The number of aromatic nitrogens is 2. The van der Waals surface area contributed by atoms with Crippen LogP contribution in [0.25, 0.3) is 5.69 Å². The predicted molar refractivity (Wildman–Crippen MR) is 92.4 cm³/mol. The van der Waals surface area contributed by atoms with Crippen LogP contribution in [0.4, 0.5) is 0 Å². The Bertz CT molecular complexity index is 825. The van der Waals surface area contributed by atoms with Crippen LogP contribution in [0.15, 0.2) is 35.1 Å². The Morgan fingerprint density at radius 2 is 2.24 bits per heavy atom. The number of para-hydroxylation sites is 1. The van der Waals surface area contributed by atoms with Crippen molar-refractivity contribution in [1.82, 2.24) is 15.1 Å². The van der Waals surface area contributed by atoms with Gasteiger partial charge in [-0.3, -0.25) is 9.59 Å². The van der Waals surface area contributed by atoms with Crippen LogP contribution < -0.4 is 15.6 Å². The summed E-state index contributed by atoms with van der Waals surface area (Å²) >= 11 is 0. The van der Waals surface area contributed by atoms with Gasteiger partial charge in [0.15, 0.2) is 11.4 Å². The van der Waals surface area contributed by atoms with E-state index in [-0.39, 0.29) is 23.1 Å². The minimum absolute atomic E-state index is 0.0252. The van der Waals surface area contributed by atoms with Crippen molar-refractivity contribution in [3.05, 3.63) is 51.9 Å². The number of ether oxygens (including phenoxy) is 2. The van der Waals surface area contributed by atoms with Crippen LogP contribution >= 0.6 is 0 Å². The average Bonchev–Trinajstić information content (AvgIpc) is 3.13. The van der Waals surface area contributed by atoms with Gasteiger partial charge < -0.3 is 14.8 Å². The molecule has 1 fully saturated rings. The molecule has 7 heteroatoms. The molecule has 1 aromatic heterocycles. The van der Waals surface area contributed by atoms with Crippen LogP contribution in [-0.4, -0.2) is 42.1 Å². The van der Waals surface area contributed by atoms with Crippen molar-refractivity contribution >= 4 is 5.91 Å². The van der Waals surface area contributed by atoms with Crippen LogP contribution in [0.3, 0.4) is 0 Å². The summed E-state index contributed by atoms with van der Waals surface area (Å²) in [7, 11) is 1.41. The zero-order valence-corrected chi connectivity index (χ0v) is 14.3. The van der Waals surface area contributed by atoms with Gasteiger partial charge in [0.2, 0.25) is 0 Å². The molecule has 1 N–H and O–H groups in total. The topological polar surface area (TPSA) is 82.5 Å². The molecular weight excluding hydrogens is 322 g/mol.